The summed E-state index contributed by atoms with van der Waals surface area (Å²) in [6, 6.07) is 10.6. The maximum Gasteiger partial charge on any atom is 0.242 e. The van der Waals surface area contributed by atoms with Gasteiger partial charge in [0.05, 0.1) is 6.42 Å². The van der Waals surface area contributed by atoms with Gasteiger partial charge < -0.3 is 10.2 Å². The summed E-state index contributed by atoms with van der Waals surface area (Å²) in [4.78, 5) is 27.8. The van der Waals surface area contributed by atoms with E-state index in [1.165, 1.54) is 0 Å². The molecule has 1 N–H and O–H groups in total. The van der Waals surface area contributed by atoms with Crippen molar-refractivity contribution in [2.45, 2.75) is 66.1 Å². The van der Waals surface area contributed by atoms with Gasteiger partial charge in [-0.1, -0.05) is 53.0 Å². The predicted molar refractivity (Wildman–Crippen MR) is 124 cm³/mol. The topological polar surface area (TPSA) is 49.4 Å². The zero-order valence-electron chi connectivity index (χ0n) is 18.5. The molecular weight excluding hydrogens is 419 g/mol. The van der Waals surface area contributed by atoms with Crippen molar-refractivity contribution < 1.29 is 9.59 Å². The molecule has 0 radical (unpaired) electrons. The number of nitrogens with one attached hydrogen (secondary N) is 1. The van der Waals surface area contributed by atoms with Crippen LogP contribution in [0.25, 0.3) is 0 Å². The van der Waals surface area contributed by atoms with Gasteiger partial charge in [-0.2, -0.15) is 0 Å². The quantitative estimate of drug-likeness (QED) is 0.635. The molecule has 4 nitrogen and oxygen atoms in total. The van der Waals surface area contributed by atoms with E-state index in [0.717, 1.165) is 22.3 Å². The number of hydrogen-bond donors (Lipinski definition) is 1. The SMILES string of the molecule is Cc1ccc(C)c(CC(=O)N(Cc2ccc(Cl)cc2Cl)[C@@H](C)C(=O)NC(C)(C)C)c1. The highest BCUT2D eigenvalue weighted by Crippen LogP contribution is 2.24. The van der Waals surface area contributed by atoms with E-state index in [9.17, 15) is 9.59 Å². The Morgan fingerprint density at radius 2 is 1.70 bits per heavy atom. The van der Waals surface area contributed by atoms with Gasteiger partial charge in [0.25, 0.3) is 0 Å². The van der Waals surface area contributed by atoms with Crippen molar-refractivity contribution in [2.24, 2.45) is 0 Å². The highest BCUT2D eigenvalue weighted by atomic mass is 35.5. The molecule has 30 heavy (non-hydrogen) atoms. The minimum absolute atomic E-state index is 0.133. The first-order valence-corrected chi connectivity index (χ1v) is 10.7. The van der Waals surface area contributed by atoms with Crippen LogP contribution in [-0.2, 0) is 22.6 Å². The van der Waals surface area contributed by atoms with Crippen molar-refractivity contribution in [2.75, 3.05) is 0 Å². The third-order valence-corrected chi connectivity index (χ3v) is 5.45. The minimum atomic E-state index is -0.659. The van der Waals surface area contributed by atoms with Crippen LogP contribution in [0.1, 0.15) is 49.9 Å². The van der Waals surface area contributed by atoms with E-state index in [1.54, 1.807) is 30.0 Å². The van der Waals surface area contributed by atoms with E-state index >= 15 is 0 Å². The van der Waals surface area contributed by atoms with Crippen molar-refractivity contribution in [3.05, 3.63) is 68.7 Å². The molecule has 0 aliphatic heterocycles. The van der Waals surface area contributed by atoms with Gasteiger partial charge in [-0.25, -0.2) is 0 Å². The zero-order chi connectivity index (χ0) is 22.6. The van der Waals surface area contributed by atoms with Crippen molar-refractivity contribution in [1.82, 2.24) is 10.2 Å². The summed E-state index contributed by atoms with van der Waals surface area (Å²) in [6.07, 6.45) is 0.214. The van der Waals surface area contributed by atoms with E-state index in [0.29, 0.717) is 10.0 Å². The van der Waals surface area contributed by atoms with Crippen molar-refractivity contribution in [1.29, 1.82) is 0 Å². The molecule has 0 saturated carbocycles. The number of rotatable bonds is 6. The number of benzene rings is 2. The molecule has 0 unspecified atom stereocenters. The number of aryl methyl sites for hydroxylation is 2. The Morgan fingerprint density at radius 1 is 1.03 bits per heavy atom. The Hall–Kier alpha value is -2.04. The molecule has 0 spiro atoms. The van der Waals surface area contributed by atoms with Gasteiger partial charge in [-0.05, 0) is 70.4 Å². The van der Waals surface area contributed by atoms with Gasteiger partial charge in [0.15, 0.2) is 0 Å². The van der Waals surface area contributed by atoms with E-state index in [4.69, 9.17) is 23.2 Å². The summed E-state index contributed by atoms with van der Waals surface area (Å²) >= 11 is 12.4. The second-order valence-electron chi connectivity index (χ2n) is 8.78. The Morgan fingerprint density at radius 3 is 2.30 bits per heavy atom. The normalized spacial score (nSPS) is 12.4. The van der Waals surface area contributed by atoms with Crippen LogP contribution in [0.4, 0.5) is 0 Å². The van der Waals surface area contributed by atoms with Crippen LogP contribution in [0.3, 0.4) is 0 Å². The lowest BCUT2D eigenvalue weighted by Crippen LogP contribution is -2.52. The minimum Gasteiger partial charge on any atom is -0.350 e. The van der Waals surface area contributed by atoms with E-state index < -0.39 is 11.6 Å². The molecule has 6 heteroatoms. The van der Waals surface area contributed by atoms with Crippen molar-refractivity contribution in [3.8, 4) is 0 Å². The van der Waals surface area contributed by atoms with Gasteiger partial charge in [0.1, 0.15) is 6.04 Å². The van der Waals surface area contributed by atoms with Gasteiger partial charge in [-0.15, -0.1) is 0 Å². The lowest BCUT2D eigenvalue weighted by Gasteiger charge is -2.32. The maximum absolute atomic E-state index is 13.3. The molecular formula is C24H30Cl2N2O2. The number of nitrogens with zero attached hydrogens (tertiary/aromatic N) is 1. The molecule has 0 aromatic heterocycles. The first-order valence-electron chi connectivity index (χ1n) is 9.99. The monoisotopic (exact) mass is 448 g/mol. The molecule has 0 aliphatic rings. The summed E-state index contributed by atoms with van der Waals surface area (Å²) in [5.74, 6) is -0.340. The van der Waals surface area contributed by atoms with Crippen LogP contribution in [0.5, 0.6) is 0 Å². The van der Waals surface area contributed by atoms with Gasteiger partial charge >= 0.3 is 0 Å². The second kappa shape index (κ2) is 9.84. The fraction of sp³-hybridized carbons (Fsp3) is 0.417. The molecule has 1 atom stereocenters. The average Bonchev–Trinajstić information content (AvgIpc) is 2.62. The van der Waals surface area contributed by atoms with Crippen molar-refractivity contribution >= 4 is 35.0 Å². The van der Waals surface area contributed by atoms with Gasteiger partial charge in [0, 0.05) is 22.1 Å². The van der Waals surface area contributed by atoms with Gasteiger partial charge in [0.2, 0.25) is 11.8 Å². The third-order valence-electron chi connectivity index (χ3n) is 4.87. The van der Waals surface area contributed by atoms with E-state index in [1.807, 2.05) is 52.8 Å². The van der Waals surface area contributed by atoms with Crippen molar-refractivity contribution in [3.63, 3.8) is 0 Å². The highest BCUT2D eigenvalue weighted by Gasteiger charge is 2.29. The smallest absolute Gasteiger partial charge is 0.242 e. The fourth-order valence-corrected chi connectivity index (χ4v) is 3.61. The molecule has 162 valence electrons. The Bertz CT molecular complexity index is 935. The van der Waals surface area contributed by atoms with Crippen LogP contribution in [0, 0.1) is 13.8 Å². The number of carbonyl (C=O) groups is 2. The van der Waals surface area contributed by atoms with Crippen LogP contribution in [0.15, 0.2) is 36.4 Å². The lowest BCUT2D eigenvalue weighted by molar-refractivity contribution is -0.140. The molecule has 2 aromatic rings. The van der Waals surface area contributed by atoms with E-state index in [-0.39, 0.29) is 24.8 Å². The molecule has 0 aliphatic carbocycles. The molecule has 2 amide bonds. The summed E-state index contributed by atoms with van der Waals surface area (Å²) in [6.45, 7) is 11.7. The third kappa shape index (κ3) is 6.75. The van der Waals surface area contributed by atoms with Crippen LogP contribution < -0.4 is 5.32 Å². The molecule has 2 aromatic carbocycles. The van der Waals surface area contributed by atoms with Crippen LogP contribution in [-0.4, -0.2) is 28.3 Å². The molecule has 0 fully saturated rings. The Kier molecular flexibility index (Phi) is 7.95. The first-order chi connectivity index (χ1) is 13.9. The largest absolute Gasteiger partial charge is 0.350 e. The molecule has 0 bridgehead atoms. The number of halogens is 2. The first kappa shape index (κ1) is 24.2. The highest BCUT2D eigenvalue weighted by molar-refractivity contribution is 6.35. The average molecular weight is 449 g/mol. The van der Waals surface area contributed by atoms with E-state index in [2.05, 4.69) is 5.32 Å². The predicted octanol–water partition coefficient (Wildman–Crippen LogP) is 5.48. The van der Waals surface area contributed by atoms with Crippen LogP contribution in [0.2, 0.25) is 10.0 Å². The summed E-state index contributed by atoms with van der Waals surface area (Å²) in [5, 5.41) is 3.95. The summed E-state index contributed by atoms with van der Waals surface area (Å²) in [5.41, 5.74) is 3.44. The lowest BCUT2D eigenvalue weighted by atomic mass is 10.0. The van der Waals surface area contributed by atoms with Crippen LogP contribution >= 0.6 is 23.2 Å². The Labute approximate surface area is 189 Å². The van der Waals surface area contributed by atoms with Gasteiger partial charge in [-0.3, -0.25) is 9.59 Å². The Balaban J connectivity index is 2.34. The summed E-state index contributed by atoms with van der Waals surface area (Å²) in [7, 11) is 0. The maximum atomic E-state index is 13.3. The standard InChI is InChI=1S/C24H30Cl2N2O2/c1-15-7-8-16(2)19(11-15)12-22(29)28(17(3)23(30)27-24(4,5)6)14-18-9-10-20(25)13-21(18)26/h7-11,13,17H,12,14H2,1-6H3,(H,27,30)/t17-/m0/s1. The second-order valence-corrected chi connectivity index (χ2v) is 9.62. The number of carbonyl (C=O) groups excluding carboxylic acids is 2. The zero-order valence-corrected chi connectivity index (χ0v) is 20.0. The molecule has 0 heterocycles. The molecule has 0 saturated heterocycles. The summed E-state index contributed by atoms with van der Waals surface area (Å²) < 4.78 is 0. The number of amides is 2. The fourth-order valence-electron chi connectivity index (χ4n) is 3.15. The number of hydrogen-bond acceptors (Lipinski definition) is 2. The molecule has 2 rings (SSSR count).